The maximum absolute atomic E-state index is 12.2. The van der Waals surface area contributed by atoms with Crippen LogP contribution in [0.2, 0.25) is 0 Å². The molecule has 96 valence electrons. The van der Waals surface area contributed by atoms with Crippen LogP contribution in [-0.4, -0.2) is 31.3 Å². The molecule has 0 aromatic carbocycles. The minimum atomic E-state index is -3.48. The maximum Gasteiger partial charge on any atom is 0.244 e. The van der Waals surface area contributed by atoms with Gasteiger partial charge in [0.2, 0.25) is 10.0 Å². The first-order chi connectivity index (χ1) is 8.45. The van der Waals surface area contributed by atoms with E-state index in [1.165, 1.54) is 22.6 Å². The summed E-state index contributed by atoms with van der Waals surface area (Å²) in [5.41, 5.74) is 0.215. The fourth-order valence-corrected chi connectivity index (χ4v) is 3.03. The third-order valence-electron chi connectivity index (χ3n) is 3.33. The van der Waals surface area contributed by atoms with Crippen molar-refractivity contribution < 1.29 is 8.42 Å². The van der Waals surface area contributed by atoms with E-state index in [0.717, 1.165) is 6.42 Å². The summed E-state index contributed by atoms with van der Waals surface area (Å²) < 4.78 is 25.8. The van der Waals surface area contributed by atoms with Gasteiger partial charge in [-0.3, -0.25) is 0 Å². The first-order valence-electron chi connectivity index (χ1n) is 5.77. The Bertz CT molecular complexity index is 574. The number of nitriles is 1. The normalized spacial score (nSPS) is 22.8. The molecule has 1 heterocycles. The van der Waals surface area contributed by atoms with Crippen LogP contribution in [-0.2, 0) is 10.0 Å². The Labute approximate surface area is 107 Å². The van der Waals surface area contributed by atoms with Crippen LogP contribution in [0.3, 0.4) is 0 Å². The van der Waals surface area contributed by atoms with E-state index >= 15 is 0 Å². The predicted octanol–water partition coefficient (Wildman–Crippen LogP) is 1.23. The highest BCUT2D eigenvalue weighted by molar-refractivity contribution is 7.89. The molecule has 0 N–H and O–H groups in total. The Morgan fingerprint density at radius 1 is 1.56 bits per heavy atom. The fraction of sp³-hybridized carbons (Fsp3) is 0.500. The van der Waals surface area contributed by atoms with Gasteiger partial charge < -0.3 is 0 Å². The molecule has 0 spiro atoms. The summed E-state index contributed by atoms with van der Waals surface area (Å²) in [5, 5.41) is 8.62. The van der Waals surface area contributed by atoms with Crippen LogP contribution >= 0.6 is 0 Å². The van der Waals surface area contributed by atoms with Gasteiger partial charge in [0.15, 0.2) is 0 Å². The summed E-state index contributed by atoms with van der Waals surface area (Å²) in [4.78, 5) is 3.93. The minimum absolute atomic E-state index is 0.136. The Hall–Kier alpha value is -1.45. The van der Waals surface area contributed by atoms with Gasteiger partial charge in [0.1, 0.15) is 16.7 Å². The van der Waals surface area contributed by atoms with Crippen molar-refractivity contribution >= 4 is 10.0 Å². The zero-order chi connectivity index (χ0) is 13.3. The van der Waals surface area contributed by atoms with Crippen LogP contribution in [0.1, 0.15) is 19.0 Å². The molecule has 1 fully saturated rings. The molecule has 1 aliphatic carbocycles. The molecule has 0 bridgehead atoms. The topological polar surface area (TPSA) is 74.1 Å². The third kappa shape index (κ3) is 2.52. The average molecular weight is 265 g/mol. The molecule has 2 unspecified atom stereocenters. The van der Waals surface area contributed by atoms with Crippen molar-refractivity contribution in [3.8, 4) is 6.07 Å². The van der Waals surface area contributed by atoms with Crippen molar-refractivity contribution in [1.82, 2.24) is 9.29 Å². The molecule has 1 aromatic heterocycles. The third-order valence-corrected chi connectivity index (χ3v) is 5.13. The smallest absolute Gasteiger partial charge is 0.244 e. The van der Waals surface area contributed by atoms with E-state index in [-0.39, 0.29) is 10.6 Å². The second-order valence-corrected chi connectivity index (χ2v) is 6.79. The fourth-order valence-electron chi connectivity index (χ4n) is 1.86. The summed E-state index contributed by atoms with van der Waals surface area (Å²) >= 11 is 0. The molecular formula is C12H15N3O2S. The van der Waals surface area contributed by atoms with E-state index in [4.69, 9.17) is 5.26 Å². The van der Waals surface area contributed by atoms with Gasteiger partial charge in [-0.25, -0.2) is 17.7 Å². The molecule has 18 heavy (non-hydrogen) atoms. The van der Waals surface area contributed by atoms with Crippen molar-refractivity contribution in [2.45, 2.75) is 18.2 Å². The molecule has 2 atom stereocenters. The van der Waals surface area contributed by atoms with Crippen LogP contribution in [0.4, 0.5) is 0 Å². The number of aromatic nitrogens is 1. The number of hydrogen-bond acceptors (Lipinski definition) is 4. The van der Waals surface area contributed by atoms with Crippen LogP contribution < -0.4 is 0 Å². The van der Waals surface area contributed by atoms with Crippen LogP contribution in [0, 0.1) is 23.2 Å². The molecule has 0 radical (unpaired) electrons. The second-order valence-electron chi connectivity index (χ2n) is 4.75. The lowest BCUT2D eigenvalue weighted by Crippen LogP contribution is -2.29. The standard InChI is InChI=1S/C12H15N3O2S/c1-9-5-10(9)8-15(2)18(16,17)12-4-3-11(6-13)14-7-12/h3-4,7,9-10H,5,8H2,1-2H3. The minimum Gasteiger partial charge on any atom is -0.244 e. The van der Waals surface area contributed by atoms with E-state index in [2.05, 4.69) is 11.9 Å². The van der Waals surface area contributed by atoms with Crippen molar-refractivity contribution in [3.63, 3.8) is 0 Å². The van der Waals surface area contributed by atoms with Gasteiger partial charge in [-0.05, 0) is 30.4 Å². The lowest BCUT2D eigenvalue weighted by Gasteiger charge is -2.16. The molecule has 6 heteroatoms. The highest BCUT2D eigenvalue weighted by Gasteiger charge is 2.36. The lowest BCUT2D eigenvalue weighted by molar-refractivity contribution is 0.444. The van der Waals surface area contributed by atoms with Gasteiger partial charge in [-0.2, -0.15) is 5.26 Å². The van der Waals surface area contributed by atoms with Gasteiger partial charge in [0.25, 0.3) is 0 Å². The predicted molar refractivity (Wildman–Crippen MR) is 66.0 cm³/mol. The Kier molecular flexibility index (Phi) is 3.37. The van der Waals surface area contributed by atoms with E-state index < -0.39 is 10.0 Å². The Balaban J connectivity index is 2.16. The summed E-state index contributed by atoms with van der Waals surface area (Å²) in [6.45, 7) is 2.66. The number of nitrogens with zero attached hydrogens (tertiary/aromatic N) is 3. The zero-order valence-corrected chi connectivity index (χ0v) is 11.2. The van der Waals surface area contributed by atoms with Gasteiger partial charge in [-0.1, -0.05) is 6.92 Å². The molecular weight excluding hydrogens is 250 g/mol. The molecule has 1 aliphatic rings. The van der Waals surface area contributed by atoms with E-state index in [1.54, 1.807) is 7.05 Å². The maximum atomic E-state index is 12.2. The van der Waals surface area contributed by atoms with E-state index in [9.17, 15) is 8.42 Å². The van der Waals surface area contributed by atoms with Gasteiger partial charge in [-0.15, -0.1) is 0 Å². The summed E-state index contributed by atoms with van der Waals surface area (Å²) in [7, 11) is -1.90. The molecule has 1 saturated carbocycles. The first-order valence-corrected chi connectivity index (χ1v) is 7.21. The second kappa shape index (κ2) is 4.67. The van der Waals surface area contributed by atoms with Crippen molar-refractivity contribution in [2.24, 2.45) is 11.8 Å². The quantitative estimate of drug-likeness (QED) is 0.820. The van der Waals surface area contributed by atoms with Crippen molar-refractivity contribution in [2.75, 3.05) is 13.6 Å². The number of hydrogen-bond donors (Lipinski definition) is 0. The highest BCUT2D eigenvalue weighted by Crippen LogP contribution is 2.38. The first kappa shape index (κ1) is 13.0. The highest BCUT2D eigenvalue weighted by atomic mass is 32.2. The molecule has 0 aliphatic heterocycles. The van der Waals surface area contributed by atoms with E-state index in [1.807, 2.05) is 6.07 Å². The Morgan fingerprint density at radius 3 is 2.67 bits per heavy atom. The lowest BCUT2D eigenvalue weighted by atomic mass is 10.3. The van der Waals surface area contributed by atoms with Crippen molar-refractivity contribution in [1.29, 1.82) is 5.26 Å². The van der Waals surface area contributed by atoms with Gasteiger partial charge in [0.05, 0.1) is 0 Å². The van der Waals surface area contributed by atoms with Crippen LogP contribution in [0.15, 0.2) is 23.2 Å². The molecule has 2 rings (SSSR count). The van der Waals surface area contributed by atoms with Gasteiger partial charge >= 0.3 is 0 Å². The number of sulfonamides is 1. The van der Waals surface area contributed by atoms with Crippen LogP contribution in [0.5, 0.6) is 0 Å². The molecule has 5 nitrogen and oxygen atoms in total. The summed E-state index contributed by atoms with van der Waals surface area (Å²) in [6, 6.07) is 4.70. The van der Waals surface area contributed by atoms with E-state index in [0.29, 0.717) is 18.4 Å². The molecule has 1 aromatic rings. The van der Waals surface area contributed by atoms with Gasteiger partial charge in [0, 0.05) is 19.8 Å². The summed E-state index contributed by atoms with van der Waals surface area (Å²) in [6.07, 6.45) is 2.33. The number of pyridine rings is 1. The van der Waals surface area contributed by atoms with Crippen molar-refractivity contribution in [3.05, 3.63) is 24.0 Å². The molecule has 0 saturated heterocycles. The average Bonchev–Trinajstić information content (AvgIpc) is 3.05. The number of rotatable bonds is 4. The summed E-state index contributed by atoms with van der Waals surface area (Å²) in [5.74, 6) is 1.08. The molecule has 0 amide bonds. The van der Waals surface area contributed by atoms with Crippen LogP contribution in [0.25, 0.3) is 0 Å². The zero-order valence-electron chi connectivity index (χ0n) is 10.4. The Morgan fingerprint density at radius 2 is 2.22 bits per heavy atom. The monoisotopic (exact) mass is 265 g/mol. The SMILES string of the molecule is CC1CC1CN(C)S(=O)(=O)c1ccc(C#N)nc1. The largest absolute Gasteiger partial charge is 0.244 e.